The molecule has 1 aromatic heterocycles. The van der Waals surface area contributed by atoms with Crippen LogP contribution in [0.15, 0.2) is 42.7 Å². The van der Waals surface area contributed by atoms with Gasteiger partial charge in [0.15, 0.2) is 0 Å². The van der Waals surface area contributed by atoms with E-state index in [1.807, 2.05) is 6.07 Å². The molecule has 106 valence electrons. The van der Waals surface area contributed by atoms with Crippen LogP contribution in [0, 0.1) is 17.7 Å². The molecule has 2 rings (SSSR count). The minimum Gasteiger partial charge on any atom is -0.325 e. The highest BCUT2D eigenvalue weighted by atomic mass is 19.1. The van der Waals surface area contributed by atoms with Crippen molar-refractivity contribution in [3.8, 4) is 11.8 Å². The molecule has 1 aromatic carbocycles. The zero-order valence-electron chi connectivity index (χ0n) is 11.3. The lowest BCUT2D eigenvalue weighted by molar-refractivity contribution is -0.115. The lowest BCUT2D eigenvalue weighted by Gasteiger charge is -2.07. The fourth-order valence-corrected chi connectivity index (χ4v) is 1.76. The van der Waals surface area contributed by atoms with Gasteiger partial charge in [0.25, 0.3) is 0 Å². The zero-order chi connectivity index (χ0) is 15.1. The molecule has 0 saturated carbocycles. The van der Waals surface area contributed by atoms with E-state index < -0.39 is 5.82 Å². The van der Waals surface area contributed by atoms with Crippen LogP contribution in [0.3, 0.4) is 0 Å². The maximum absolute atomic E-state index is 13.2. The molecule has 0 bridgehead atoms. The van der Waals surface area contributed by atoms with Crippen molar-refractivity contribution in [3.05, 3.63) is 59.7 Å². The Balaban J connectivity index is 2.13. The third kappa shape index (κ3) is 4.41. The highest BCUT2D eigenvalue weighted by Crippen LogP contribution is 2.16. The molecule has 0 fully saturated rings. The number of rotatable bonds is 3. The van der Waals surface area contributed by atoms with Gasteiger partial charge in [-0.2, -0.15) is 0 Å². The van der Waals surface area contributed by atoms with Crippen LogP contribution in [0.5, 0.6) is 0 Å². The molecule has 0 atom stereocenters. The lowest BCUT2D eigenvalue weighted by Crippen LogP contribution is -2.15. The van der Waals surface area contributed by atoms with E-state index in [9.17, 15) is 9.18 Å². The summed E-state index contributed by atoms with van der Waals surface area (Å²) in [6.07, 6.45) is 3.45. The monoisotopic (exact) mass is 283 g/mol. The highest BCUT2D eigenvalue weighted by Gasteiger charge is 2.08. The number of benzene rings is 1. The summed E-state index contributed by atoms with van der Waals surface area (Å²) in [6, 6.07) is 7.59. The Bertz CT molecular complexity index is 690. The summed E-state index contributed by atoms with van der Waals surface area (Å²) >= 11 is 0. The Morgan fingerprint density at radius 2 is 2.24 bits per heavy atom. The van der Waals surface area contributed by atoms with Gasteiger partial charge in [-0.05, 0) is 29.8 Å². The predicted octanol–water partition coefficient (Wildman–Crippen LogP) is 1.71. The molecule has 0 radical (unpaired) electrons. The maximum atomic E-state index is 13.2. The molecular weight excluding hydrogens is 269 g/mol. The number of nitrogens with one attached hydrogen (secondary N) is 1. The number of hydrogen-bond donors (Lipinski definition) is 2. The molecule has 0 unspecified atom stereocenters. The van der Waals surface area contributed by atoms with Crippen molar-refractivity contribution in [2.45, 2.75) is 6.42 Å². The number of hydrogen-bond acceptors (Lipinski definition) is 3. The number of carbonyl (C=O) groups excluding carboxylic acids is 1. The molecule has 0 spiro atoms. The molecule has 0 aliphatic rings. The first-order valence-electron chi connectivity index (χ1n) is 6.36. The Hall–Kier alpha value is -2.71. The van der Waals surface area contributed by atoms with Gasteiger partial charge in [0.2, 0.25) is 5.91 Å². The minimum absolute atomic E-state index is 0.166. The van der Waals surface area contributed by atoms with Gasteiger partial charge in [-0.3, -0.25) is 9.78 Å². The van der Waals surface area contributed by atoms with Crippen LogP contribution >= 0.6 is 0 Å². The molecule has 1 amide bonds. The van der Waals surface area contributed by atoms with Crippen LogP contribution in [0.4, 0.5) is 10.1 Å². The second-order valence-corrected chi connectivity index (χ2v) is 4.28. The van der Waals surface area contributed by atoms with E-state index in [0.29, 0.717) is 11.3 Å². The number of halogens is 1. The zero-order valence-corrected chi connectivity index (χ0v) is 11.3. The first-order valence-corrected chi connectivity index (χ1v) is 6.36. The molecule has 21 heavy (non-hydrogen) atoms. The molecule has 3 N–H and O–H groups in total. The van der Waals surface area contributed by atoms with Crippen molar-refractivity contribution in [2.24, 2.45) is 5.73 Å². The van der Waals surface area contributed by atoms with Gasteiger partial charge in [-0.1, -0.05) is 17.9 Å². The third-order valence-electron chi connectivity index (χ3n) is 2.67. The fraction of sp³-hybridized carbons (Fsp3) is 0.125. The summed E-state index contributed by atoms with van der Waals surface area (Å²) in [6.45, 7) is 0.166. The van der Waals surface area contributed by atoms with Crippen LogP contribution in [-0.4, -0.2) is 17.4 Å². The average Bonchev–Trinajstić information content (AvgIpc) is 2.48. The second-order valence-electron chi connectivity index (χ2n) is 4.28. The SMILES string of the molecule is NCC#Cc1cc(F)ccc1NC(=O)Cc1cccnc1. The van der Waals surface area contributed by atoms with Gasteiger partial charge in [0.1, 0.15) is 5.82 Å². The van der Waals surface area contributed by atoms with Gasteiger partial charge in [0, 0.05) is 12.4 Å². The topological polar surface area (TPSA) is 68.0 Å². The number of carbonyl (C=O) groups is 1. The highest BCUT2D eigenvalue weighted by molar-refractivity contribution is 5.93. The van der Waals surface area contributed by atoms with E-state index in [0.717, 1.165) is 5.56 Å². The van der Waals surface area contributed by atoms with Gasteiger partial charge < -0.3 is 11.1 Å². The summed E-state index contributed by atoms with van der Waals surface area (Å²) in [4.78, 5) is 15.9. The van der Waals surface area contributed by atoms with Crippen molar-refractivity contribution in [1.29, 1.82) is 0 Å². The van der Waals surface area contributed by atoms with Crippen LogP contribution in [0.25, 0.3) is 0 Å². The number of nitrogens with zero attached hydrogens (tertiary/aromatic N) is 1. The lowest BCUT2D eigenvalue weighted by atomic mass is 10.1. The molecular formula is C16H14FN3O. The summed E-state index contributed by atoms with van der Waals surface area (Å²) in [5.74, 6) is 4.75. The Morgan fingerprint density at radius 1 is 1.38 bits per heavy atom. The maximum Gasteiger partial charge on any atom is 0.228 e. The van der Waals surface area contributed by atoms with Crippen molar-refractivity contribution < 1.29 is 9.18 Å². The smallest absolute Gasteiger partial charge is 0.228 e. The summed E-state index contributed by atoms with van der Waals surface area (Å²) < 4.78 is 13.2. The minimum atomic E-state index is -0.415. The van der Waals surface area contributed by atoms with Gasteiger partial charge >= 0.3 is 0 Å². The van der Waals surface area contributed by atoms with Crippen LogP contribution in [-0.2, 0) is 11.2 Å². The molecule has 5 heteroatoms. The van der Waals surface area contributed by atoms with Crippen molar-refractivity contribution in [1.82, 2.24) is 4.98 Å². The van der Waals surface area contributed by atoms with Crippen molar-refractivity contribution in [2.75, 3.05) is 11.9 Å². The van der Waals surface area contributed by atoms with E-state index in [1.165, 1.54) is 18.2 Å². The quantitative estimate of drug-likeness (QED) is 0.843. The van der Waals surface area contributed by atoms with Crippen molar-refractivity contribution in [3.63, 3.8) is 0 Å². The Morgan fingerprint density at radius 3 is 2.95 bits per heavy atom. The van der Waals surface area contributed by atoms with Crippen LogP contribution in [0.2, 0.25) is 0 Å². The fourth-order valence-electron chi connectivity index (χ4n) is 1.76. The van der Waals surface area contributed by atoms with Gasteiger partial charge in [0.05, 0.1) is 24.2 Å². The summed E-state index contributed by atoms with van der Waals surface area (Å²) in [5, 5.41) is 2.72. The first kappa shape index (κ1) is 14.7. The summed E-state index contributed by atoms with van der Waals surface area (Å²) in [5.41, 5.74) is 6.97. The van der Waals surface area contributed by atoms with Crippen molar-refractivity contribution >= 4 is 11.6 Å². The number of aromatic nitrogens is 1. The molecule has 2 aromatic rings. The van der Waals surface area contributed by atoms with Gasteiger partial charge in [-0.25, -0.2) is 4.39 Å². The largest absolute Gasteiger partial charge is 0.325 e. The average molecular weight is 283 g/mol. The molecule has 1 heterocycles. The normalized spacial score (nSPS) is 9.62. The van der Waals surface area contributed by atoms with Crippen LogP contribution in [0.1, 0.15) is 11.1 Å². The number of amides is 1. The second kappa shape index (κ2) is 7.17. The summed E-state index contributed by atoms with van der Waals surface area (Å²) in [7, 11) is 0. The van der Waals surface area contributed by atoms with E-state index in [2.05, 4.69) is 22.1 Å². The predicted molar refractivity (Wildman–Crippen MR) is 78.9 cm³/mol. The number of pyridine rings is 1. The van der Waals surface area contributed by atoms with E-state index in [1.54, 1.807) is 18.5 Å². The van der Waals surface area contributed by atoms with E-state index >= 15 is 0 Å². The Kier molecular flexibility index (Phi) is 5.02. The molecule has 0 aliphatic heterocycles. The molecule has 4 nitrogen and oxygen atoms in total. The van der Waals surface area contributed by atoms with Crippen LogP contribution < -0.4 is 11.1 Å². The Labute approximate surface area is 122 Å². The standard InChI is InChI=1S/C16H14FN3O/c17-14-5-6-15(13(10-14)4-1-7-18)20-16(21)9-12-3-2-8-19-11-12/h2-3,5-6,8,10-11H,7,9,18H2,(H,20,21). The van der Waals surface area contributed by atoms with Gasteiger partial charge in [-0.15, -0.1) is 0 Å². The van der Waals surface area contributed by atoms with E-state index in [4.69, 9.17) is 5.73 Å². The van der Waals surface area contributed by atoms with E-state index in [-0.39, 0.29) is 18.9 Å². The number of nitrogens with two attached hydrogens (primary N) is 1. The molecule has 0 aliphatic carbocycles. The third-order valence-corrected chi connectivity index (χ3v) is 2.67. The number of anilines is 1. The first-order chi connectivity index (χ1) is 10.2. The molecule has 0 saturated heterocycles.